The zero-order valence-electron chi connectivity index (χ0n) is 12.5. The van der Waals surface area contributed by atoms with E-state index in [4.69, 9.17) is 4.42 Å². The lowest BCUT2D eigenvalue weighted by molar-refractivity contribution is -0.274. The van der Waals surface area contributed by atoms with Gasteiger partial charge in [-0.25, -0.2) is 0 Å². The Hall–Kier alpha value is -3.56. The van der Waals surface area contributed by atoms with E-state index in [-0.39, 0.29) is 5.56 Å². The molecule has 0 aliphatic carbocycles. The van der Waals surface area contributed by atoms with Gasteiger partial charge >= 0.3 is 6.36 Å². The minimum absolute atomic E-state index is 0.0431. The first kappa shape index (κ1) is 17.3. The molecule has 1 heterocycles. The Kier molecular flexibility index (Phi) is 3.82. The largest absolute Gasteiger partial charge is 0.573 e. The van der Waals surface area contributed by atoms with Crippen LogP contribution in [0, 0.1) is 0 Å². The van der Waals surface area contributed by atoms with Crippen LogP contribution in [0.25, 0.3) is 22.3 Å². The molecule has 1 aromatic heterocycles. The highest BCUT2D eigenvalue weighted by Gasteiger charge is 2.33. The number of phenolic OH excluding ortho intramolecular Hbond substituents is 3. The van der Waals surface area contributed by atoms with Gasteiger partial charge in [-0.1, -0.05) is 0 Å². The molecule has 0 aliphatic heterocycles. The summed E-state index contributed by atoms with van der Waals surface area (Å²) in [6.07, 6.45) is -5.15. The van der Waals surface area contributed by atoms with Gasteiger partial charge < -0.3 is 29.6 Å². The van der Waals surface area contributed by atoms with E-state index in [0.29, 0.717) is 6.07 Å². The zero-order valence-corrected chi connectivity index (χ0v) is 12.5. The Morgan fingerprint density at radius 3 is 2.27 bits per heavy atom. The topological polar surface area (TPSA) is 120 Å². The maximum Gasteiger partial charge on any atom is 0.573 e. The highest BCUT2D eigenvalue weighted by atomic mass is 19.4. The second-order valence-electron chi connectivity index (χ2n) is 5.18. The minimum Gasteiger partial charge on any atom is -0.508 e. The van der Waals surface area contributed by atoms with Crippen LogP contribution < -0.4 is 10.2 Å². The van der Waals surface area contributed by atoms with Gasteiger partial charge in [0, 0.05) is 17.7 Å². The summed E-state index contributed by atoms with van der Waals surface area (Å²) in [5.74, 6) is -4.31. The Morgan fingerprint density at radius 1 is 0.962 bits per heavy atom. The Balaban J connectivity index is 2.31. The first-order valence-electron chi connectivity index (χ1n) is 6.87. The maximum absolute atomic E-state index is 12.5. The number of rotatable bonds is 2. The molecule has 0 atom stereocenters. The Morgan fingerprint density at radius 2 is 1.65 bits per heavy atom. The van der Waals surface area contributed by atoms with Crippen molar-refractivity contribution in [2.24, 2.45) is 0 Å². The number of hydrogen-bond acceptors (Lipinski definition) is 7. The molecule has 10 heteroatoms. The van der Waals surface area contributed by atoms with Crippen molar-refractivity contribution >= 4 is 11.0 Å². The number of benzene rings is 2. The molecule has 0 radical (unpaired) electrons. The molecular formula is C16H9F3O7. The number of halogens is 3. The Bertz CT molecular complexity index is 1070. The van der Waals surface area contributed by atoms with Crippen LogP contribution in [0.5, 0.6) is 28.7 Å². The van der Waals surface area contributed by atoms with Crippen molar-refractivity contribution in [3.05, 3.63) is 40.6 Å². The van der Waals surface area contributed by atoms with E-state index in [0.717, 1.165) is 18.2 Å². The predicted molar refractivity (Wildman–Crippen MR) is 81.3 cm³/mol. The van der Waals surface area contributed by atoms with Crippen molar-refractivity contribution in [2.75, 3.05) is 0 Å². The monoisotopic (exact) mass is 370 g/mol. The van der Waals surface area contributed by atoms with E-state index in [9.17, 15) is 38.4 Å². The molecule has 2 aromatic carbocycles. The fraction of sp³-hybridized carbons (Fsp3) is 0.0625. The lowest BCUT2D eigenvalue weighted by Gasteiger charge is -2.13. The summed E-state index contributed by atoms with van der Waals surface area (Å²) in [5, 5.41) is 37.7. The summed E-state index contributed by atoms with van der Waals surface area (Å²) >= 11 is 0. The molecule has 0 amide bonds. The third-order valence-electron chi connectivity index (χ3n) is 3.38. The van der Waals surface area contributed by atoms with Gasteiger partial charge in [-0.3, -0.25) is 4.79 Å². The molecule has 136 valence electrons. The van der Waals surface area contributed by atoms with Gasteiger partial charge in [0.05, 0.1) is 0 Å². The van der Waals surface area contributed by atoms with Gasteiger partial charge in [-0.15, -0.1) is 13.2 Å². The average Bonchev–Trinajstić information content (AvgIpc) is 2.51. The lowest BCUT2D eigenvalue weighted by atomic mass is 10.1. The smallest absolute Gasteiger partial charge is 0.508 e. The van der Waals surface area contributed by atoms with Crippen molar-refractivity contribution in [1.29, 1.82) is 0 Å². The molecule has 0 aliphatic rings. The number of alkyl halides is 3. The van der Waals surface area contributed by atoms with Crippen molar-refractivity contribution in [3.63, 3.8) is 0 Å². The standard InChI is InChI=1S/C16H9F3O7/c17-16(18,19)26-11-5-7(20)4-10-12(11)13(23)14(24)15(25-10)6-1-2-8(21)9(22)3-6/h1-5,20-22,24H. The second-order valence-corrected chi connectivity index (χ2v) is 5.18. The molecule has 7 nitrogen and oxygen atoms in total. The molecule has 0 unspecified atom stereocenters. The third kappa shape index (κ3) is 3.04. The number of fused-ring (bicyclic) bond motifs is 1. The molecule has 4 N–H and O–H groups in total. The third-order valence-corrected chi connectivity index (χ3v) is 3.38. The van der Waals surface area contributed by atoms with Gasteiger partial charge in [-0.2, -0.15) is 0 Å². The number of ether oxygens (including phenoxy) is 1. The van der Waals surface area contributed by atoms with E-state index in [1.54, 1.807) is 0 Å². The van der Waals surface area contributed by atoms with E-state index >= 15 is 0 Å². The summed E-state index contributed by atoms with van der Waals surface area (Å²) in [6, 6.07) is 4.63. The van der Waals surface area contributed by atoms with Crippen LogP contribution in [-0.2, 0) is 0 Å². The van der Waals surface area contributed by atoms with Gasteiger partial charge in [0.1, 0.15) is 22.5 Å². The van der Waals surface area contributed by atoms with Gasteiger partial charge in [-0.05, 0) is 18.2 Å². The molecule has 3 rings (SSSR count). The maximum atomic E-state index is 12.5. The normalized spacial score (nSPS) is 11.7. The summed E-state index contributed by atoms with van der Waals surface area (Å²) in [6.45, 7) is 0. The quantitative estimate of drug-likeness (QED) is 0.511. The van der Waals surface area contributed by atoms with Crippen molar-refractivity contribution in [2.45, 2.75) is 6.36 Å². The number of hydrogen-bond donors (Lipinski definition) is 4. The van der Waals surface area contributed by atoms with Gasteiger partial charge in [0.2, 0.25) is 11.2 Å². The molecule has 0 bridgehead atoms. The first-order valence-corrected chi connectivity index (χ1v) is 6.87. The van der Waals surface area contributed by atoms with Crippen LogP contribution in [0.2, 0.25) is 0 Å². The summed E-state index contributed by atoms with van der Waals surface area (Å²) in [5.41, 5.74) is -1.78. The molecule has 0 fully saturated rings. The van der Waals surface area contributed by atoms with Gasteiger partial charge in [0.15, 0.2) is 17.3 Å². The van der Waals surface area contributed by atoms with Crippen molar-refractivity contribution in [1.82, 2.24) is 0 Å². The van der Waals surface area contributed by atoms with E-state index in [1.807, 2.05) is 0 Å². The van der Waals surface area contributed by atoms with Crippen LogP contribution in [0.4, 0.5) is 13.2 Å². The minimum atomic E-state index is -5.15. The molecular weight excluding hydrogens is 361 g/mol. The SMILES string of the molecule is O=c1c(O)c(-c2ccc(O)c(O)c2)oc2cc(O)cc(OC(F)(F)F)c12. The predicted octanol–water partition coefficient (Wildman–Crippen LogP) is 3.18. The van der Waals surface area contributed by atoms with E-state index < -0.39 is 57.3 Å². The van der Waals surface area contributed by atoms with Crippen LogP contribution in [0.1, 0.15) is 0 Å². The fourth-order valence-corrected chi connectivity index (χ4v) is 2.33. The highest BCUT2D eigenvalue weighted by molar-refractivity contribution is 5.88. The molecule has 26 heavy (non-hydrogen) atoms. The molecule has 0 saturated heterocycles. The summed E-state index contributed by atoms with van der Waals surface area (Å²) in [7, 11) is 0. The van der Waals surface area contributed by atoms with Crippen molar-refractivity contribution in [3.8, 4) is 40.1 Å². The molecule has 3 aromatic rings. The van der Waals surface area contributed by atoms with Crippen LogP contribution in [0.3, 0.4) is 0 Å². The zero-order chi connectivity index (χ0) is 19.2. The first-order chi connectivity index (χ1) is 12.1. The van der Waals surface area contributed by atoms with Crippen LogP contribution in [-0.4, -0.2) is 26.8 Å². The molecule has 0 spiro atoms. The molecule has 0 saturated carbocycles. The highest BCUT2D eigenvalue weighted by Crippen LogP contribution is 2.39. The second kappa shape index (κ2) is 5.76. The van der Waals surface area contributed by atoms with E-state index in [1.165, 1.54) is 6.07 Å². The summed E-state index contributed by atoms with van der Waals surface area (Å²) in [4.78, 5) is 12.3. The van der Waals surface area contributed by atoms with Crippen LogP contribution in [0.15, 0.2) is 39.5 Å². The number of phenols is 3. The van der Waals surface area contributed by atoms with Gasteiger partial charge in [0.25, 0.3) is 0 Å². The van der Waals surface area contributed by atoms with Crippen molar-refractivity contribution < 1.29 is 42.8 Å². The fourth-order valence-electron chi connectivity index (χ4n) is 2.33. The lowest BCUT2D eigenvalue weighted by Crippen LogP contribution is -2.18. The number of aromatic hydroxyl groups is 4. The average molecular weight is 370 g/mol. The van der Waals surface area contributed by atoms with Crippen LogP contribution >= 0.6 is 0 Å². The Labute approximate surface area is 141 Å². The summed E-state index contributed by atoms with van der Waals surface area (Å²) < 4.78 is 46.5. The van der Waals surface area contributed by atoms with E-state index in [2.05, 4.69) is 4.74 Å².